The van der Waals surface area contributed by atoms with Gasteiger partial charge in [-0.2, -0.15) is 5.10 Å². The van der Waals surface area contributed by atoms with E-state index in [0.29, 0.717) is 45.8 Å². The number of phenolic OH excluding ortho intramolecular Hbond substituents is 1. The van der Waals surface area contributed by atoms with E-state index in [4.69, 9.17) is 21.4 Å². The maximum absolute atomic E-state index is 15.3. The molecular weight excluding hydrogens is 878 g/mol. The summed E-state index contributed by atoms with van der Waals surface area (Å²) in [4.78, 5) is 65.7. The number of halogens is 2. The first-order valence-corrected chi connectivity index (χ1v) is 22.8. The summed E-state index contributed by atoms with van der Waals surface area (Å²) in [5.74, 6) is -4.23. The summed E-state index contributed by atoms with van der Waals surface area (Å²) in [5.41, 5.74) is 2.69. The molecule has 10 rings (SSSR count). The maximum Gasteiger partial charge on any atom is 0.242 e. The zero-order chi connectivity index (χ0) is 42.6. The van der Waals surface area contributed by atoms with Crippen LogP contribution in [-0.4, -0.2) is 74.6 Å². The molecule has 5 heterocycles. The summed E-state index contributed by atoms with van der Waals surface area (Å²) >= 11 is 11.5. The molecule has 1 N–H and O–H groups in total. The van der Waals surface area contributed by atoms with Crippen molar-refractivity contribution in [2.75, 3.05) is 25.1 Å². The molecule has 2 aliphatic carbocycles. The molecule has 4 fully saturated rings. The van der Waals surface area contributed by atoms with E-state index in [2.05, 4.69) is 33.0 Å². The molecule has 314 valence electrons. The third kappa shape index (κ3) is 6.16. The molecule has 2 aromatic heterocycles. The summed E-state index contributed by atoms with van der Waals surface area (Å²) in [5, 5.41) is 18.4. The largest absolute Gasteiger partial charge is 0.504 e. The molecule has 3 aliphatic heterocycles. The molecule has 5 aromatic rings. The van der Waals surface area contributed by atoms with Gasteiger partial charge in [0.15, 0.2) is 11.5 Å². The minimum atomic E-state index is -1.37. The van der Waals surface area contributed by atoms with Crippen LogP contribution in [0.4, 0.5) is 5.82 Å². The smallest absolute Gasteiger partial charge is 0.242 e. The van der Waals surface area contributed by atoms with Crippen molar-refractivity contribution in [3.05, 3.63) is 105 Å². The molecular formula is C47H45BrClN5O6S. The molecule has 14 heteroatoms. The van der Waals surface area contributed by atoms with E-state index in [9.17, 15) is 14.7 Å². The monoisotopic (exact) mass is 921 g/mol. The number of fused-ring (bicyclic) bond motifs is 5. The fourth-order valence-corrected chi connectivity index (χ4v) is 13.1. The number of carbonyl (C=O) groups is 4. The lowest BCUT2D eigenvalue weighted by Gasteiger charge is -2.49. The van der Waals surface area contributed by atoms with Crippen molar-refractivity contribution in [1.29, 1.82) is 0 Å². The van der Waals surface area contributed by atoms with E-state index in [1.165, 1.54) is 17.6 Å². The number of nitrogens with zero attached hydrogens (tertiary/aromatic N) is 5. The number of allylic oxidation sites excluding steroid dienone is 2. The van der Waals surface area contributed by atoms with Crippen LogP contribution in [0.1, 0.15) is 55.2 Å². The number of ether oxygens (including phenoxy) is 1. The number of imide groups is 2. The molecule has 1 saturated carbocycles. The molecule has 61 heavy (non-hydrogen) atoms. The second-order valence-electron chi connectivity index (χ2n) is 17.5. The highest BCUT2D eigenvalue weighted by Crippen LogP contribution is 2.65. The predicted octanol–water partition coefficient (Wildman–Crippen LogP) is 8.64. The van der Waals surface area contributed by atoms with Crippen LogP contribution in [0.25, 0.3) is 20.7 Å². The Labute approximate surface area is 371 Å². The molecule has 3 saturated heterocycles. The average molecular weight is 923 g/mol. The van der Waals surface area contributed by atoms with Gasteiger partial charge in [0, 0.05) is 64.5 Å². The first-order valence-electron chi connectivity index (χ1n) is 20.8. The Morgan fingerprint density at radius 1 is 0.984 bits per heavy atom. The van der Waals surface area contributed by atoms with Crippen molar-refractivity contribution in [1.82, 2.24) is 19.6 Å². The van der Waals surface area contributed by atoms with Gasteiger partial charge in [0.2, 0.25) is 23.6 Å². The Kier molecular flexibility index (Phi) is 9.85. The number of aromatic nitrogens is 2. The number of rotatable bonds is 7. The standard InChI is InChI=1S/C47H45BrClN5O6S/c1-24-31-20-27(49)10-13-37(31)61-42(24)35-22-38(51(3)50-35)54-44(57)34-21-32-29(40(47(34,2)46(54)59)33-18-26(48)19-36(60-4)41(33)55)11-12-30-39(32)45(58)53(43(30)56)28-14-16-52(17-15-28)23-25-8-6-5-7-9-25/h5-11,13,18-20,22,28,30,32,34,39-40,55H,12,14-17,21,23H2,1-4H3/t30-,32+,34-,39-,40+,47+/m0/s1. The number of amides is 4. The lowest BCUT2D eigenvalue weighted by atomic mass is 9.51. The number of likely N-dealkylation sites (tertiary alicyclic amines) is 2. The van der Waals surface area contributed by atoms with Crippen LogP contribution in [0.3, 0.4) is 0 Å². The van der Waals surface area contributed by atoms with Crippen LogP contribution in [0.5, 0.6) is 11.5 Å². The van der Waals surface area contributed by atoms with Gasteiger partial charge in [-0.3, -0.25) is 33.7 Å². The first-order chi connectivity index (χ1) is 29.3. The van der Waals surface area contributed by atoms with Gasteiger partial charge in [-0.25, -0.2) is 4.90 Å². The highest BCUT2D eigenvalue weighted by atomic mass is 79.9. The van der Waals surface area contributed by atoms with Gasteiger partial charge in [-0.15, -0.1) is 11.3 Å². The molecule has 3 aromatic carbocycles. The number of hydrogen-bond acceptors (Lipinski definition) is 9. The van der Waals surface area contributed by atoms with Crippen molar-refractivity contribution in [2.24, 2.45) is 36.1 Å². The summed E-state index contributed by atoms with van der Waals surface area (Å²) in [7, 11) is 3.19. The molecule has 0 spiro atoms. The number of hydrogen-bond donors (Lipinski definition) is 1. The molecule has 0 radical (unpaired) electrons. The van der Waals surface area contributed by atoms with Crippen molar-refractivity contribution >= 4 is 78.4 Å². The van der Waals surface area contributed by atoms with Crippen LogP contribution >= 0.6 is 38.9 Å². The third-order valence-corrected chi connectivity index (χ3v) is 16.3. The summed E-state index contributed by atoms with van der Waals surface area (Å²) in [6, 6.07) is 21.1. The number of benzene rings is 3. The zero-order valence-corrected chi connectivity index (χ0v) is 37.4. The Bertz CT molecular complexity index is 2710. The number of methoxy groups -OCH3 is 1. The number of anilines is 1. The number of carbonyl (C=O) groups excluding carboxylic acids is 4. The number of phenols is 1. The van der Waals surface area contributed by atoms with Crippen LogP contribution in [0, 0.1) is 36.0 Å². The Balaban J connectivity index is 1.02. The quantitative estimate of drug-likeness (QED) is 0.127. The molecule has 11 nitrogen and oxygen atoms in total. The van der Waals surface area contributed by atoms with Crippen LogP contribution in [0.2, 0.25) is 5.02 Å². The Hall–Kier alpha value is -4.82. The van der Waals surface area contributed by atoms with Crippen LogP contribution < -0.4 is 9.64 Å². The highest BCUT2D eigenvalue weighted by molar-refractivity contribution is 9.10. The number of thiophene rings is 1. The number of aromatic hydroxyl groups is 1. The normalized spacial score (nSPS) is 26.9. The fourth-order valence-electron chi connectivity index (χ4n) is 11.3. The van der Waals surface area contributed by atoms with Gasteiger partial charge in [0.05, 0.1) is 35.2 Å². The topological polar surface area (TPSA) is 125 Å². The summed E-state index contributed by atoms with van der Waals surface area (Å²) < 4.78 is 8.85. The maximum atomic E-state index is 15.3. The third-order valence-electron chi connectivity index (χ3n) is 14.3. The lowest BCUT2D eigenvalue weighted by molar-refractivity contribution is -0.144. The molecule has 0 unspecified atom stereocenters. The molecule has 6 atom stereocenters. The van der Waals surface area contributed by atoms with E-state index in [-0.39, 0.29) is 35.8 Å². The molecule has 0 bridgehead atoms. The average Bonchev–Trinajstić information content (AvgIpc) is 3.92. The second-order valence-corrected chi connectivity index (χ2v) is 19.9. The van der Waals surface area contributed by atoms with E-state index < -0.39 is 46.8 Å². The fraction of sp³-hybridized carbons (Fsp3) is 0.383. The first kappa shape index (κ1) is 40.3. The highest BCUT2D eigenvalue weighted by Gasteiger charge is 2.68. The van der Waals surface area contributed by atoms with Gasteiger partial charge in [0.25, 0.3) is 0 Å². The number of aryl methyl sites for hydroxylation is 2. The summed E-state index contributed by atoms with van der Waals surface area (Å²) in [6.45, 7) is 6.17. The van der Waals surface area contributed by atoms with Gasteiger partial charge >= 0.3 is 0 Å². The SMILES string of the molecule is COc1cc(Br)cc([C@H]2C3=CC[C@@H]4C(=O)N(C5CCN(Cc6ccccc6)CC5)C(=O)[C@@H]4[C@@H]3C[C@H]3C(=O)N(c4cc(-c5sc6ccc(Cl)cc6c5C)nn4C)C(=O)[C@@]23C)c1O. The zero-order valence-electron chi connectivity index (χ0n) is 34.2. The van der Waals surface area contributed by atoms with Crippen molar-refractivity contribution in [2.45, 2.75) is 58.0 Å². The Morgan fingerprint density at radius 3 is 2.48 bits per heavy atom. The molecule has 5 aliphatic rings. The van der Waals surface area contributed by atoms with Gasteiger partial charge in [0.1, 0.15) is 11.5 Å². The van der Waals surface area contributed by atoms with E-state index in [0.717, 1.165) is 45.7 Å². The van der Waals surface area contributed by atoms with Crippen LogP contribution in [-0.2, 0) is 32.8 Å². The number of piperidine rings is 1. The van der Waals surface area contributed by atoms with Crippen molar-refractivity contribution < 1.29 is 29.0 Å². The van der Waals surface area contributed by atoms with Gasteiger partial charge in [-0.1, -0.05) is 69.5 Å². The van der Waals surface area contributed by atoms with Gasteiger partial charge < -0.3 is 9.84 Å². The van der Waals surface area contributed by atoms with Crippen molar-refractivity contribution in [3.63, 3.8) is 0 Å². The van der Waals surface area contributed by atoms with Gasteiger partial charge in [-0.05, 0) is 92.3 Å². The van der Waals surface area contributed by atoms with E-state index in [1.54, 1.807) is 46.2 Å². The van der Waals surface area contributed by atoms with Crippen LogP contribution in [0.15, 0.2) is 82.9 Å². The predicted molar refractivity (Wildman–Crippen MR) is 237 cm³/mol. The molecule has 4 amide bonds. The minimum absolute atomic E-state index is 0.140. The van der Waals surface area contributed by atoms with E-state index in [1.807, 2.05) is 56.3 Å². The Morgan fingerprint density at radius 2 is 1.74 bits per heavy atom. The lowest BCUT2D eigenvalue weighted by Crippen LogP contribution is -2.49. The van der Waals surface area contributed by atoms with Crippen molar-refractivity contribution in [3.8, 4) is 22.1 Å². The second kappa shape index (κ2) is 14.9. The minimum Gasteiger partial charge on any atom is -0.504 e. The summed E-state index contributed by atoms with van der Waals surface area (Å²) in [6.07, 6.45) is 3.92. The van der Waals surface area contributed by atoms with E-state index >= 15 is 9.59 Å².